The maximum absolute atomic E-state index is 11.7. The Balaban J connectivity index is 2.54. The minimum absolute atomic E-state index is 0.0745. The van der Waals surface area contributed by atoms with E-state index in [0.717, 1.165) is 0 Å². The Morgan fingerprint density at radius 1 is 1.47 bits per heavy atom. The fourth-order valence-corrected chi connectivity index (χ4v) is 1.45. The van der Waals surface area contributed by atoms with E-state index >= 15 is 0 Å². The predicted octanol–water partition coefficient (Wildman–Crippen LogP) is 2.85. The molecule has 2 atom stereocenters. The van der Waals surface area contributed by atoms with Crippen LogP contribution < -0.4 is 10.1 Å². The number of amides is 1. The highest BCUT2D eigenvalue weighted by Crippen LogP contribution is 2.18. The zero-order valence-electron chi connectivity index (χ0n) is 9.74. The van der Waals surface area contributed by atoms with E-state index in [2.05, 4.69) is 5.32 Å². The maximum Gasteiger partial charge on any atom is 0.261 e. The molecule has 1 aromatic rings. The number of ether oxygens (including phenoxy) is 1. The first-order chi connectivity index (χ1) is 8.02. The zero-order valence-corrected chi connectivity index (χ0v) is 11.3. The first kappa shape index (κ1) is 14.1. The third-order valence-corrected chi connectivity index (χ3v) is 2.80. The summed E-state index contributed by atoms with van der Waals surface area (Å²) in [6.07, 6.45) is -0.584. The van der Waals surface area contributed by atoms with E-state index in [1.807, 2.05) is 6.92 Å². The number of hydrogen-bond acceptors (Lipinski definition) is 2. The van der Waals surface area contributed by atoms with E-state index in [1.54, 1.807) is 31.2 Å². The molecule has 2 unspecified atom stereocenters. The number of benzene rings is 1. The highest BCUT2D eigenvalue weighted by atomic mass is 35.5. The molecule has 0 saturated heterocycles. The quantitative estimate of drug-likeness (QED) is 0.840. The van der Waals surface area contributed by atoms with E-state index in [1.165, 1.54) is 0 Å². The van der Waals surface area contributed by atoms with Gasteiger partial charge in [-0.1, -0.05) is 17.7 Å². The number of rotatable bonds is 5. The molecule has 1 N–H and O–H groups in total. The average Bonchev–Trinajstić information content (AvgIpc) is 2.28. The fraction of sp³-hybridized carbons (Fsp3) is 0.417. The van der Waals surface area contributed by atoms with Crippen LogP contribution in [-0.4, -0.2) is 23.9 Å². The normalized spacial score (nSPS) is 13.9. The van der Waals surface area contributed by atoms with E-state index < -0.39 is 6.10 Å². The first-order valence-electron chi connectivity index (χ1n) is 5.31. The Morgan fingerprint density at radius 3 is 2.76 bits per heavy atom. The van der Waals surface area contributed by atoms with Gasteiger partial charge in [-0.2, -0.15) is 0 Å². The summed E-state index contributed by atoms with van der Waals surface area (Å²) >= 11 is 11.4. The summed E-state index contributed by atoms with van der Waals surface area (Å²) in [5.74, 6) is 0.743. The van der Waals surface area contributed by atoms with Crippen molar-refractivity contribution >= 4 is 29.1 Å². The lowest BCUT2D eigenvalue weighted by Crippen LogP contribution is -2.41. The predicted molar refractivity (Wildman–Crippen MR) is 69.9 cm³/mol. The molecule has 0 aromatic heterocycles. The summed E-state index contributed by atoms with van der Waals surface area (Å²) in [6, 6.07) is 6.85. The second kappa shape index (κ2) is 6.72. The van der Waals surface area contributed by atoms with Gasteiger partial charge in [0.25, 0.3) is 5.91 Å². The summed E-state index contributed by atoms with van der Waals surface area (Å²) < 4.78 is 5.46. The minimum atomic E-state index is -0.584. The standard InChI is InChI=1S/C12H15Cl2NO2/c1-8(7-13)15-12(16)9(2)17-11-5-3-4-10(14)6-11/h3-6,8-9H,7H2,1-2H3,(H,15,16). The number of carbonyl (C=O) groups excluding carboxylic acids is 1. The Hall–Kier alpha value is -0.930. The molecule has 0 aliphatic carbocycles. The Morgan fingerprint density at radius 2 is 2.18 bits per heavy atom. The Labute approximate surface area is 111 Å². The van der Waals surface area contributed by atoms with Crippen LogP contribution in [-0.2, 0) is 4.79 Å². The SMILES string of the molecule is CC(CCl)NC(=O)C(C)Oc1cccc(Cl)c1. The van der Waals surface area contributed by atoms with Crippen LogP contribution in [0, 0.1) is 0 Å². The molecule has 5 heteroatoms. The van der Waals surface area contributed by atoms with Gasteiger partial charge in [0, 0.05) is 16.9 Å². The van der Waals surface area contributed by atoms with Gasteiger partial charge in [0.05, 0.1) is 0 Å². The number of carbonyl (C=O) groups is 1. The second-order valence-electron chi connectivity index (χ2n) is 3.78. The van der Waals surface area contributed by atoms with Gasteiger partial charge in [-0.3, -0.25) is 4.79 Å². The molecule has 0 saturated carbocycles. The Bertz CT molecular complexity index is 385. The van der Waals surface area contributed by atoms with Crippen LogP contribution in [0.3, 0.4) is 0 Å². The molecule has 0 heterocycles. The smallest absolute Gasteiger partial charge is 0.261 e. The summed E-state index contributed by atoms with van der Waals surface area (Å²) in [5.41, 5.74) is 0. The minimum Gasteiger partial charge on any atom is -0.481 e. The summed E-state index contributed by atoms with van der Waals surface area (Å²) in [4.78, 5) is 11.7. The second-order valence-corrected chi connectivity index (χ2v) is 4.53. The molecule has 17 heavy (non-hydrogen) atoms. The van der Waals surface area contributed by atoms with E-state index in [9.17, 15) is 4.79 Å². The molecule has 0 spiro atoms. The van der Waals surface area contributed by atoms with E-state index in [4.69, 9.17) is 27.9 Å². The lowest BCUT2D eigenvalue weighted by Gasteiger charge is -2.17. The molecular weight excluding hydrogens is 261 g/mol. The number of hydrogen-bond donors (Lipinski definition) is 1. The molecule has 1 amide bonds. The first-order valence-corrected chi connectivity index (χ1v) is 6.22. The van der Waals surface area contributed by atoms with Crippen molar-refractivity contribution in [3.05, 3.63) is 29.3 Å². The van der Waals surface area contributed by atoms with Gasteiger partial charge in [-0.25, -0.2) is 0 Å². The van der Waals surface area contributed by atoms with Crippen LogP contribution in [0.2, 0.25) is 5.02 Å². The van der Waals surface area contributed by atoms with Gasteiger partial charge in [-0.15, -0.1) is 11.6 Å². The molecule has 1 rings (SSSR count). The highest BCUT2D eigenvalue weighted by molar-refractivity contribution is 6.30. The van der Waals surface area contributed by atoms with Crippen molar-refractivity contribution in [3.63, 3.8) is 0 Å². The Kier molecular flexibility index (Phi) is 5.59. The van der Waals surface area contributed by atoms with Crippen LogP contribution in [0.15, 0.2) is 24.3 Å². The van der Waals surface area contributed by atoms with E-state index in [0.29, 0.717) is 16.7 Å². The summed E-state index contributed by atoms with van der Waals surface area (Å²) in [5, 5.41) is 3.31. The molecule has 94 valence electrons. The largest absolute Gasteiger partial charge is 0.481 e. The number of halogens is 2. The number of alkyl halides is 1. The van der Waals surface area contributed by atoms with Crippen LogP contribution in [0.25, 0.3) is 0 Å². The topological polar surface area (TPSA) is 38.3 Å². The summed E-state index contributed by atoms with van der Waals surface area (Å²) in [7, 11) is 0. The molecule has 0 aliphatic rings. The molecule has 1 aromatic carbocycles. The number of nitrogens with one attached hydrogen (secondary N) is 1. The maximum atomic E-state index is 11.7. The van der Waals surface area contributed by atoms with Gasteiger partial charge < -0.3 is 10.1 Å². The van der Waals surface area contributed by atoms with E-state index in [-0.39, 0.29) is 11.9 Å². The average molecular weight is 276 g/mol. The highest BCUT2D eigenvalue weighted by Gasteiger charge is 2.16. The van der Waals surface area contributed by atoms with Crippen molar-refractivity contribution in [3.8, 4) is 5.75 Å². The van der Waals surface area contributed by atoms with Crippen LogP contribution in [0.5, 0.6) is 5.75 Å². The third kappa shape index (κ3) is 4.84. The molecule has 0 radical (unpaired) electrons. The molecule has 0 bridgehead atoms. The molecule has 0 aliphatic heterocycles. The van der Waals surface area contributed by atoms with Gasteiger partial charge in [0.1, 0.15) is 5.75 Å². The molecular formula is C12H15Cl2NO2. The van der Waals surface area contributed by atoms with Crippen molar-refractivity contribution in [2.75, 3.05) is 5.88 Å². The lowest BCUT2D eigenvalue weighted by molar-refractivity contribution is -0.127. The monoisotopic (exact) mass is 275 g/mol. The fourth-order valence-electron chi connectivity index (χ4n) is 1.20. The molecule has 0 fully saturated rings. The zero-order chi connectivity index (χ0) is 12.8. The molecule has 3 nitrogen and oxygen atoms in total. The van der Waals surface area contributed by atoms with Crippen molar-refractivity contribution in [1.82, 2.24) is 5.32 Å². The van der Waals surface area contributed by atoms with Crippen LogP contribution in [0.4, 0.5) is 0 Å². The van der Waals surface area contributed by atoms with Crippen molar-refractivity contribution in [2.24, 2.45) is 0 Å². The lowest BCUT2D eigenvalue weighted by atomic mass is 10.3. The van der Waals surface area contributed by atoms with Crippen molar-refractivity contribution in [2.45, 2.75) is 26.0 Å². The van der Waals surface area contributed by atoms with Gasteiger partial charge in [0.2, 0.25) is 0 Å². The third-order valence-electron chi connectivity index (χ3n) is 2.10. The van der Waals surface area contributed by atoms with Gasteiger partial charge >= 0.3 is 0 Å². The summed E-state index contributed by atoms with van der Waals surface area (Å²) in [6.45, 7) is 3.51. The van der Waals surface area contributed by atoms with Crippen molar-refractivity contribution in [1.29, 1.82) is 0 Å². The van der Waals surface area contributed by atoms with Crippen molar-refractivity contribution < 1.29 is 9.53 Å². The van der Waals surface area contributed by atoms with Gasteiger partial charge in [-0.05, 0) is 32.0 Å². The van der Waals surface area contributed by atoms with Gasteiger partial charge in [0.15, 0.2) is 6.10 Å². The van der Waals surface area contributed by atoms with Crippen LogP contribution >= 0.6 is 23.2 Å². The van der Waals surface area contributed by atoms with Crippen LogP contribution in [0.1, 0.15) is 13.8 Å².